The molecule has 16 heavy (non-hydrogen) atoms. The first-order valence-electron chi connectivity index (χ1n) is 5.55. The van der Waals surface area contributed by atoms with E-state index in [4.69, 9.17) is 11.5 Å². The molecule has 0 heterocycles. The summed E-state index contributed by atoms with van der Waals surface area (Å²) in [6.07, 6.45) is 1.63. The molecule has 2 amide bonds. The molecule has 0 aliphatic rings. The van der Waals surface area contributed by atoms with Gasteiger partial charge in [-0.1, -0.05) is 25.1 Å². The molecule has 88 valence electrons. The second-order valence-electron chi connectivity index (χ2n) is 3.61. The lowest BCUT2D eigenvalue weighted by Gasteiger charge is -2.22. The second-order valence-corrected chi connectivity index (χ2v) is 3.61. The van der Waals surface area contributed by atoms with Gasteiger partial charge >= 0.3 is 6.03 Å². The van der Waals surface area contributed by atoms with Crippen molar-refractivity contribution in [1.82, 2.24) is 0 Å². The molecule has 0 aliphatic heterocycles. The van der Waals surface area contributed by atoms with E-state index in [0.717, 1.165) is 24.1 Å². The molecule has 4 N–H and O–H groups in total. The lowest BCUT2D eigenvalue weighted by atomic mass is 10.1. The first-order chi connectivity index (χ1) is 7.70. The Hall–Kier alpha value is -1.55. The molecular weight excluding hydrogens is 202 g/mol. The number of primary amides is 1. The first kappa shape index (κ1) is 12.5. The number of aryl methyl sites for hydroxylation is 1. The normalized spacial score (nSPS) is 10.1. The zero-order chi connectivity index (χ0) is 12.0. The SMILES string of the molecule is CCc1ccccc1N(CCCN)C(N)=O. The summed E-state index contributed by atoms with van der Waals surface area (Å²) in [5.74, 6) is 0. The number of urea groups is 1. The van der Waals surface area contributed by atoms with Crippen molar-refractivity contribution in [2.24, 2.45) is 11.5 Å². The van der Waals surface area contributed by atoms with Crippen molar-refractivity contribution in [3.63, 3.8) is 0 Å². The minimum Gasteiger partial charge on any atom is -0.351 e. The van der Waals surface area contributed by atoms with Gasteiger partial charge in [0, 0.05) is 12.2 Å². The third kappa shape index (κ3) is 2.97. The minimum absolute atomic E-state index is 0.422. The largest absolute Gasteiger partial charge is 0.351 e. The van der Waals surface area contributed by atoms with Crippen molar-refractivity contribution < 1.29 is 4.79 Å². The van der Waals surface area contributed by atoms with Crippen molar-refractivity contribution in [3.05, 3.63) is 29.8 Å². The van der Waals surface area contributed by atoms with Crippen molar-refractivity contribution in [2.75, 3.05) is 18.0 Å². The van der Waals surface area contributed by atoms with E-state index >= 15 is 0 Å². The highest BCUT2D eigenvalue weighted by Crippen LogP contribution is 2.20. The van der Waals surface area contributed by atoms with Gasteiger partial charge in [-0.3, -0.25) is 4.90 Å². The Kier molecular flexibility index (Phi) is 4.79. The monoisotopic (exact) mass is 221 g/mol. The number of carbonyl (C=O) groups excluding carboxylic acids is 1. The van der Waals surface area contributed by atoms with Crippen LogP contribution < -0.4 is 16.4 Å². The number of rotatable bonds is 5. The molecule has 1 aromatic carbocycles. The number of para-hydroxylation sites is 1. The van der Waals surface area contributed by atoms with Gasteiger partial charge in [-0.25, -0.2) is 4.79 Å². The topological polar surface area (TPSA) is 72.3 Å². The maximum absolute atomic E-state index is 11.4. The van der Waals surface area contributed by atoms with Crippen LogP contribution in [0.25, 0.3) is 0 Å². The third-order valence-electron chi connectivity index (χ3n) is 2.52. The average Bonchev–Trinajstić information content (AvgIpc) is 2.29. The van der Waals surface area contributed by atoms with Crippen LogP contribution in [0, 0.1) is 0 Å². The predicted molar refractivity (Wildman–Crippen MR) is 66.4 cm³/mol. The van der Waals surface area contributed by atoms with Gasteiger partial charge in [-0.15, -0.1) is 0 Å². The smallest absolute Gasteiger partial charge is 0.319 e. The Morgan fingerprint density at radius 3 is 2.62 bits per heavy atom. The fourth-order valence-electron chi connectivity index (χ4n) is 1.67. The van der Waals surface area contributed by atoms with Gasteiger partial charge in [-0.2, -0.15) is 0 Å². The van der Waals surface area contributed by atoms with E-state index in [0.29, 0.717) is 13.1 Å². The summed E-state index contributed by atoms with van der Waals surface area (Å²) in [4.78, 5) is 13.0. The number of benzene rings is 1. The molecule has 0 radical (unpaired) electrons. The number of hydrogen-bond donors (Lipinski definition) is 2. The number of anilines is 1. The van der Waals surface area contributed by atoms with Crippen LogP contribution >= 0.6 is 0 Å². The number of nitrogens with two attached hydrogens (primary N) is 2. The van der Waals surface area contributed by atoms with Gasteiger partial charge in [0.1, 0.15) is 0 Å². The van der Waals surface area contributed by atoms with E-state index in [-0.39, 0.29) is 0 Å². The van der Waals surface area contributed by atoms with E-state index in [9.17, 15) is 4.79 Å². The Labute approximate surface area is 96.2 Å². The van der Waals surface area contributed by atoms with Crippen LogP contribution in [0.2, 0.25) is 0 Å². The van der Waals surface area contributed by atoms with Crippen LogP contribution in [0.1, 0.15) is 18.9 Å². The van der Waals surface area contributed by atoms with Gasteiger partial charge in [0.05, 0.1) is 0 Å². The summed E-state index contributed by atoms with van der Waals surface area (Å²) < 4.78 is 0. The summed E-state index contributed by atoms with van der Waals surface area (Å²) >= 11 is 0. The maximum Gasteiger partial charge on any atom is 0.319 e. The summed E-state index contributed by atoms with van der Waals surface area (Å²) in [6.45, 7) is 3.18. The van der Waals surface area contributed by atoms with Gasteiger partial charge in [-0.05, 0) is 31.0 Å². The predicted octanol–water partition coefficient (Wildman–Crippen LogP) is 1.48. The van der Waals surface area contributed by atoms with Crippen LogP contribution in [0.4, 0.5) is 10.5 Å². The van der Waals surface area contributed by atoms with E-state index in [2.05, 4.69) is 6.92 Å². The van der Waals surface area contributed by atoms with Crippen LogP contribution in [-0.4, -0.2) is 19.1 Å². The van der Waals surface area contributed by atoms with E-state index < -0.39 is 6.03 Å². The summed E-state index contributed by atoms with van der Waals surface area (Å²) in [5, 5.41) is 0. The molecule has 0 aliphatic carbocycles. The van der Waals surface area contributed by atoms with Crippen molar-refractivity contribution in [3.8, 4) is 0 Å². The molecule has 4 heteroatoms. The number of nitrogens with zero attached hydrogens (tertiary/aromatic N) is 1. The fraction of sp³-hybridized carbons (Fsp3) is 0.417. The van der Waals surface area contributed by atoms with Crippen molar-refractivity contribution in [2.45, 2.75) is 19.8 Å². The molecule has 1 rings (SSSR count). The first-order valence-corrected chi connectivity index (χ1v) is 5.55. The Morgan fingerprint density at radius 1 is 1.38 bits per heavy atom. The molecule has 0 saturated heterocycles. The number of carbonyl (C=O) groups is 1. The van der Waals surface area contributed by atoms with Gasteiger partial charge < -0.3 is 11.5 Å². The highest BCUT2D eigenvalue weighted by Gasteiger charge is 2.14. The lowest BCUT2D eigenvalue weighted by molar-refractivity contribution is 0.254. The summed E-state index contributed by atoms with van der Waals surface area (Å²) in [6, 6.07) is 7.37. The van der Waals surface area contributed by atoms with E-state index in [1.54, 1.807) is 4.90 Å². The van der Waals surface area contributed by atoms with Crippen molar-refractivity contribution in [1.29, 1.82) is 0 Å². The van der Waals surface area contributed by atoms with Crippen molar-refractivity contribution >= 4 is 11.7 Å². The second kappa shape index (κ2) is 6.12. The highest BCUT2D eigenvalue weighted by molar-refractivity contribution is 5.91. The van der Waals surface area contributed by atoms with E-state index in [1.807, 2.05) is 24.3 Å². The number of hydrogen-bond acceptors (Lipinski definition) is 2. The maximum atomic E-state index is 11.4. The number of amides is 2. The molecule has 0 atom stereocenters. The molecular formula is C12H19N3O. The fourth-order valence-corrected chi connectivity index (χ4v) is 1.67. The quantitative estimate of drug-likeness (QED) is 0.790. The van der Waals surface area contributed by atoms with E-state index in [1.165, 1.54) is 0 Å². The average molecular weight is 221 g/mol. The Morgan fingerprint density at radius 2 is 2.06 bits per heavy atom. The zero-order valence-electron chi connectivity index (χ0n) is 9.65. The Balaban J connectivity index is 2.95. The van der Waals surface area contributed by atoms with Gasteiger partial charge in [0.15, 0.2) is 0 Å². The molecule has 0 saturated carbocycles. The third-order valence-corrected chi connectivity index (χ3v) is 2.52. The highest BCUT2D eigenvalue weighted by atomic mass is 16.2. The lowest BCUT2D eigenvalue weighted by Crippen LogP contribution is -2.37. The minimum atomic E-state index is -0.422. The molecule has 0 spiro atoms. The van der Waals surface area contributed by atoms with Crippen LogP contribution in [0.3, 0.4) is 0 Å². The van der Waals surface area contributed by atoms with Gasteiger partial charge in [0.2, 0.25) is 0 Å². The summed E-state index contributed by atoms with van der Waals surface area (Å²) in [7, 11) is 0. The van der Waals surface area contributed by atoms with Gasteiger partial charge in [0.25, 0.3) is 0 Å². The molecule has 1 aromatic rings. The summed E-state index contributed by atoms with van der Waals surface area (Å²) in [5.41, 5.74) is 12.8. The molecule has 0 aromatic heterocycles. The van der Waals surface area contributed by atoms with Crippen LogP contribution in [-0.2, 0) is 6.42 Å². The van der Waals surface area contributed by atoms with Crippen LogP contribution in [0.15, 0.2) is 24.3 Å². The standard InChI is InChI=1S/C12H19N3O/c1-2-10-6-3-4-7-11(10)15(12(14)16)9-5-8-13/h3-4,6-7H,2,5,8-9,13H2,1H3,(H2,14,16). The molecule has 0 unspecified atom stereocenters. The zero-order valence-corrected chi connectivity index (χ0v) is 9.65. The molecule has 4 nitrogen and oxygen atoms in total. The Bertz CT molecular complexity index is 352. The van der Waals surface area contributed by atoms with Crippen LogP contribution in [0.5, 0.6) is 0 Å². The molecule has 0 bridgehead atoms. The molecule has 0 fully saturated rings.